The van der Waals surface area contributed by atoms with Gasteiger partial charge in [-0.05, 0) is 61.5 Å². The Labute approximate surface area is 178 Å². The van der Waals surface area contributed by atoms with Gasteiger partial charge in [0, 0.05) is 31.1 Å². The molecule has 0 fully saturated rings. The molecule has 0 N–H and O–H groups in total. The molecule has 0 atom stereocenters. The van der Waals surface area contributed by atoms with E-state index >= 15 is 0 Å². The van der Waals surface area contributed by atoms with Crippen LogP contribution in [0, 0.1) is 11.6 Å². The van der Waals surface area contributed by atoms with E-state index in [9.17, 15) is 8.78 Å². The minimum atomic E-state index is -0.336. The highest BCUT2D eigenvalue weighted by Crippen LogP contribution is 2.31. The molecule has 31 heavy (non-hydrogen) atoms. The molecule has 2 aromatic carbocycles. The lowest BCUT2D eigenvalue weighted by Gasteiger charge is -2.18. The van der Waals surface area contributed by atoms with Crippen LogP contribution in [0.5, 0.6) is 0 Å². The summed E-state index contributed by atoms with van der Waals surface area (Å²) < 4.78 is 33.8. The standard InChI is InChI=1S/C22H20F2N6O/c1-3-31-14-30-21(20(27-28-30)15-4-6-16(23)7-5-15)19-12-13-25-22(26-19)29(2)18-10-8-17(24)9-11-18/h4-13H,3,14H2,1-2H3. The van der Waals surface area contributed by atoms with E-state index in [0.29, 0.717) is 35.2 Å². The van der Waals surface area contributed by atoms with Gasteiger partial charge in [-0.1, -0.05) is 5.21 Å². The zero-order valence-electron chi connectivity index (χ0n) is 17.0. The highest BCUT2D eigenvalue weighted by Gasteiger charge is 2.20. The highest BCUT2D eigenvalue weighted by atomic mass is 19.1. The summed E-state index contributed by atoms with van der Waals surface area (Å²) in [4.78, 5) is 10.8. The average molecular weight is 422 g/mol. The maximum atomic E-state index is 13.4. The van der Waals surface area contributed by atoms with Crippen LogP contribution in [0.3, 0.4) is 0 Å². The second-order valence-corrected chi connectivity index (χ2v) is 6.69. The Morgan fingerprint density at radius 3 is 2.32 bits per heavy atom. The summed E-state index contributed by atoms with van der Waals surface area (Å²) >= 11 is 0. The van der Waals surface area contributed by atoms with Crippen LogP contribution in [-0.4, -0.2) is 38.6 Å². The predicted molar refractivity (Wildman–Crippen MR) is 113 cm³/mol. The van der Waals surface area contributed by atoms with Crippen LogP contribution in [-0.2, 0) is 11.5 Å². The van der Waals surface area contributed by atoms with Gasteiger partial charge in [-0.2, -0.15) is 0 Å². The van der Waals surface area contributed by atoms with E-state index in [4.69, 9.17) is 4.74 Å². The van der Waals surface area contributed by atoms with E-state index in [0.717, 1.165) is 5.69 Å². The molecule has 0 aliphatic heterocycles. The van der Waals surface area contributed by atoms with E-state index < -0.39 is 0 Å². The monoisotopic (exact) mass is 422 g/mol. The maximum Gasteiger partial charge on any atom is 0.230 e. The molecule has 9 heteroatoms. The Bertz CT molecular complexity index is 1160. The molecule has 0 spiro atoms. The normalized spacial score (nSPS) is 11.0. The zero-order chi connectivity index (χ0) is 21.8. The molecule has 0 radical (unpaired) electrons. The van der Waals surface area contributed by atoms with E-state index in [2.05, 4.69) is 20.3 Å². The van der Waals surface area contributed by atoms with Crippen molar-refractivity contribution in [1.82, 2.24) is 25.0 Å². The minimum Gasteiger partial charge on any atom is -0.359 e. The van der Waals surface area contributed by atoms with Crippen LogP contribution >= 0.6 is 0 Å². The summed E-state index contributed by atoms with van der Waals surface area (Å²) in [5.74, 6) is -0.239. The molecule has 0 aliphatic rings. The fourth-order valence-electron chi connectivity index (χ4n) is 3.06. The topological polar surface area (TPSA) is 69.0 Å². The number of benzene rings is 2. The first kappa shape index (κ1) is 20.5. The first-order chi connectivity index (χ1) is 15.1. The van der Waals surface area contributed by atoms with Crippen LogP contribution < -0.4 is 4.90 Å². The second-order valence-electron chi connectivity index (χ2n) is 6.69. The Balaban J connectivity index is 1.77. The molecule has 158 valence electrons. The Morgan fingerprint density at radius 2 is 1.65 bits per heavy atom. The minimum absolute atomic E-state index is 0.188. The quantitative estimate of drug-likeness (QED) is 0.439. The van der Waals surface area contributed by atoms with Crippen LogP contribution in [0.25, 0.3) is 22.6 Å². The summed E-state index contributed by atoms with van der Waals surface area (Å²) in [6.07, 6.45) is 1.63. The second kappa shape index (κ2) is 8.97. The maximum absolute atomic E-state index is 13.4. The van der Waals surface area contributed by atoms with E-state index in [1.54, 1.807) is 53.2 Å². The van der Waals surface area contributed by atoms with Crippen LogP contribution in [0.2, 0.25) is 0 Å². The lowest BCUT2D eigenvalue weighted by molar-refractivity contribution is 0.0790. The van der Waals surface area contributed by atoms with Gasteiger partial charge in [0.15, 0.2) is 0 Å². The first-order valence-electron chi connectivity index (χ1n) is 9.66. The smallest absolute Gasteiger partial charge is 0.230 e. The van der Waals surface area contributed by atoms with Gasteiger partial charge < -0.3 is 9.64 Å². The molecule has 0 amide bonds. The molecular weight excluding hydrogens is 402 g/mol. The van der Waals surface area contributed by atoms with E-state index in [-0.39, 0.29) is 18.4 Å². The predicted octanol–water partition coefficient (Wildman–Crippen LogP) is 4.44. The fraction of sp³-hybridized carbons (Fsp3) is 0.182. The number of ether oxygens (including phenoxy) is 1. The van der Waals surface area contributed by atoms with Crippen molar-refractivity contribution in [2.45, 2.75) is 13.7 Å². The Morgan fingerprint density at radius 1 is 0.968 bits per heavy atom. The van der Waals surface area contributed by atoms with Crippen molar-refractivity contribution < 1.29 is 13.5 Å². The number of rotatable bonds is 7. The Kier molecular flexibility index (Phi) is 5.94. The van der Waals surface area contributed by atoms with Crippen LogP contribution in [0.1, 0.15) is 6.92 Å². The summed E-state index contributed by atoms with van der Waals surface area (Å²) in [5.41, 5.74) is 3.18. The van der Waals surface area contributed by atoms with Gasteiger partial charge in [0.2, 0.25) is 5.95 Å². The van der Waals surface area contributed by atoms with Crippen molar-refractivity contribution >= 4 is 11.6 Å². The zero-order valence-corrected chi connectivity index (χ0v) is 17.0. The molecule has 4 aromatic rings. The third kappa shape index (κ3) is 4.41. The number of hydrogen-bond acceptors (Lipinski definition) is 6. The first-order valence-corrected chi connectivity index (χ1v) is 9.66. The van der Waals surface area contributed by atoms with Gasteiger partial charge in [-0.3, -0.25) is 0 Å². The van der Waals surface area contributed by atoms with Gasteiger partial charge in [-0.15, -0.1) is 5.10 Å². The highest BCUT2D eigenvalue weighted by molar-refractivity contribution is 5.76. The molecule has 0 saturated carbocycles. The largest absolute Gasteiger partial charge is 0.359 e. The lowest BCUT2D eigenvalue weighted by Crippen LogP contribution is -2.14. The number of halogens is 2. The molecule has 7 nitrogen and oxygen atoms in total. The van der Waals surface area contributed by atoms with Crippen molar-refractivity contribution in [1.29, 1.82) is 0 Å². The molecular formula is C22H20F2N6O. The van der Waals surface area contributed by atoms with Crippen LogP contribution in [0.15, 0.2) is 60.8 Å². The summed E-state index contributed by atoms with van der Waals surface area (Å²) in [6, 6.07) is 13.8. The molecule has 2 aromatic heterocycles. The summed E-state index contributed by atoms with van der Waals surface area (Å²) in [5, 5.41) is 8.49. The van der Waals surface area contributed by atoms with E-state index in [1.807, 2.05) is 6.92 Å². The lowest BCUT2D eigenvalue weighted by atomic mass is 10.1. The molecule has 0 saturated heterocycles. The number of anilines is 2. The molecule has 0 bridgehead atoms. The molecule has 0 unspecified atom stereocenters. The number of nitrogens with zero attached hydrogens (tertiary/aromatic N) is 6. The van der Waals surface area contributed by atoms with Gasteiger partial charge in [0.25, 0.3) is 0 Å². The van der Waals surface area contributed by atoms with Gasteiger partial charge >= 0.3 is 0 Å². The number of hydrogen-bond donors (Lipinski definition) is 0. The van der Waals surface area contributed by atoms with E-state index in [1.165, 1.54) is 24.3 Å². The Hall–Kier alpha value is -3.72. The molecule has 4 rings (SSSR count). The van der Waals surface area contributed by atoms with Crippen molar-refractivity contribution in [3.05, 3.63) is 72.4 Å². The fourth-order valence-corrected chi connectivity index (χ4v) is 3.06. The van der Waals surface area contributed by atoms with Crippen molar-refractivity contribution in [3.8, 4) is 22.6 Å². The van der Waals surface area contributed by atoms with Gasteiger partial charge in [0.1, 0.15) is 29.8 Å². The third-order valence-electron chi connectivity index (χ3n) is 4.67. The summed E-state index contributed by atoms with van der Waals surface area (Å²) in [7, 11) is 1.79. The van der Waals surface area contributed by atoms with Crippen molar-refractivity contribution in [2.24, 2.45) is 0 Å². The SMILES string of the molecule is CCOCn1nnc(-c2ccc(F)cc2)c1-c1ccnc(N(C)c2ccc(F)cc2)n1. The average Bonchev–Trinajstić information content (AvgIpc) is 3.22. The van der Waals surface area contributed by atoms with Crippen LogP contribution in [0.4, 0.5) is 20.4 Å². The molecule has 0 aliphatic carbocycles. The van der Waals surface area contributed by atoms with Gasteiger partial charge in [0.05, 0.1) is 5.69 Å². The number of aromatic nitrogens is 5. The molecule has 2 heterocycles. The third-order valence-corrected chi connectivity index (χ3v) is 4.67. The van der Waals surface area contributed by atoms with Gasteiger partial charge in [-0.25, -0.2) is 23.4 Å². The summed E-state index contributed by atoms with van der Waals surface area (Å²) in [6.45, 7) is 2.58. The van der Waals surface area contributed by atoms with Crippen molar-refractivity contribution in [2.75, 3.05) is 18.6 Å². The van der Waals surface area contributed by atoms with Crippen molar-refractivity contribution in [3.63, 3.8) is 0 Å².